The van der Waals surface area contributed by atoms with Crippen molar-refractivity contribution in [1.82, 2.24) is 4.98 Å². The number of carbonyl (C=O) groups excluding carboxylic acids is 2. The van der Waals surface area contributed by atoms with E-state index in [-0.39, 0.29) is 34.0 Å². The molecule has 2 amide bonds. The highest BCUT2D eigenvalue weighted by atomic mass is 35.5. The van der Waals surface area contributed by atoms with E-state index in [0.717, 1.165) is 4.70 Å². The van der Waals surface area contributed by atoms with Crippen LogP contribution in [0.1, 0.15) is 27.2 Å². The lowest BCUT2D eigenvalue weighted by molar-refractivity contribution is -0.121. The van der Waals surface area contributed by atoms with Crippen molar-refractivity contribution in [3.63, 3.8) is 0 Å². The molecule has 2 aliphatic heterocycles. The number of methoxy groups -OCH3 is 1. The highest BCUT2D eigenvalue weighted by molar-refractivity contribution is 7.22. The molecule has 0 saturated heterocycles. The summed E-state index contributed by atoms with van der Waals surface area (Å²) in [5, 5.41) is 1.19. The van der Waals surface area contributed by atoms with Gasteiger partial charge in [-0.15, -0.1) is 0 Å². The van der Waals surface area contributed by atoms with Gasteiger partial charge in [-0.2, -0.15) is 0 Å². The van der Waals surface area contributed by atoms with E-state index in [1.54, 1.807) is 66.6 Å². The van der Waals surface area contributed by atoms with E-state index in [1.807, 2.05) is 24.3 Å². The fourth-order valence-corrected chi connectivity index (χ4v) is 7.62. The Labute approximate surface area is 263 Å². The molecule has 2 aliphatic rings. The molecule has 44 heavy (non-hydrogen) atoms. The van der Waals surface area contributed by atoms with E-state index in [2.05, 4.69) is 0 Å². The van der Waals surface area contributed by atoms with Crippen LogP contribution in [0.5, 0.6) is 5.75 Å². The molecule has 4 heterocycles. The first kappa shape index (κ1) is 26.9. The molecule has 11 heteroatoms. The summed E-state index contributed by atoms with van der Waals surface area (Å²) in [7, 11) is 1.56. The maximum Gasteiger partial charge on any atom is 0.297 e. The molecule has 1 atom stereocenters. The fourth-order valence-electron chi connectivity index (χ4n) is 6.20. The van der Waals surface area contributed by atoms with Crippen LogP contribution in [0.4, 0.5) is 10.8 Å². The molecule has 1 unspecified atom stereocenters. The average Bonchev–Trinajstić information content (AvgIpc) is 3.64. The van der Waals surface area contributed by atoms with Gasteiger partial charge in [-0.05, 0) is 54.1 Å². The van der Waals surface area contributed by atoms with E-state index in [1.165, 1.54) is 22.3 Å². The fraction of sp³-hybridized carbons (Fsp3) is 0.0909. The number of thiazole rings is 1. The Morgan fingerprint density at radius 3 is 2.57 bits per heavy atom. The molecule has 6 aromatic rings. The van der Waals surface area contributed by atoms with Crippen molar-refractivity contribution in [3.8, 4) is 5.75 Å². The van der Waals surface area contributed by atoms with Crippen LogP contribution in [0.2, 0.25) is 10.0 Å². The molecule has 4 aromatic carbocycles. The van der Waals surface area contributed by atoms with Crippen LogP contribution in [0.3, 0.4) is 0 Å². The lowest BCUT2D eigenvalue weighted by Gasteiger charge is -2.32. The summed E-state index contributed by atoms with van der Waals surface area (Å²) in [6.45, 7) is 0.108. The second kappa shape index (κ2) is 9.65. The molecule has 0 fully saturated rings. The summed E-state index contributed by atoms with van der Waals surface area (Å²) >= 11 is 14.0. The molecule has 216 valence electrons. The molecule has 2 aromatic heterocycles. The number of fused-ring (bicyclic) bond motifs is 6. The van der Waals surface area contributed by atoms with Gasteiger partial charge in [0.15, 0.2) is 16.1 Å². The van der Waals surface area contributed by atoms with E-state index in [4.69, 9.17) is 37.3 Å². The molecule has 0 radical (unpaired) electrons. The third-order valence-electron chi connectivity index (χ3n) is 8.15. The predicted molar refractivity (Wildman–Crippen MR) is 170 cm³/mol. The second-order valence-electron chi connectivity index (χ2n) is 10.5. The number of anilines is 2. The number of carbonyl (C=O) groups is 2. The van der Waals surface area contributed by atoms with Gasteiger partial charge in [-0.25, -0.2) is 4.98 Å². The first-order valence-corrected chi connectivity index (χ1v) is 15.1. The van der Waals surface area contributed by atoms with Gasteiger partial charge in [0, 0.05) is 15.6 Å². The summed E-state index contributed by atoms with van der Waals surface area (Å²) in [6.07, 6.45) is 0. The quantitative estimate of drug-likeness (QED) is 0.203. The second-order valence-corrected chi connectivity index (χ2v) is 12.3. The predicted octanol–water partition coefficient (Wildman–Crippen LogP) is 7.17. The molecular formula is C33H19Cl2N3O5S. The van der Waals surface area contributed by atoms with E-state index < -0.39 is 22.8 Å². The van der Waals surface area contributed by atoms with Crippen LogP contribution in [0.15, 0.2) is 94.1 Å². The number of ether oxygens (including phenoxy) is 1. The van der Waals surface area contributed by atoms with Crippen molar-refractivity contribution in [2.75, 3.05) is 16.9 Å². The van der Waals surface area contributed by atoms with Crippen LogP contribution in [0.25, 0.3) is 21.2 Å². The van der Waals surface area contributed by atoms with Crippen LogP contribution in [-0.4, -0.2) is 23.9 Å². The summed E-state index contributed by atoms with van der Waals surface area (Å²) in [5.74, 6) is -0.755. The number of hydrogen-bond acceptors (Lipinski definition) is 7. The van der Waals surface area contributed by atoms with Gasteiger partial charge in [-0.1, -0.05) is 70.9 Å². The molecule has 0 saturated carbocycles. The topological polar surface area (TPSA) is 93.0 Å². The Bertz CT molecular complexity index is 2280. The Hall–Kier alpha value is -4.70. The summed E-state index contributed by atoms with van der Waals surface area (Å²) < 4.78 is 12.3. The van der Waals surface area contributed by atoms with E-state index in [0.29, 0.717) is 38.1 Å². The normalized spacial score (nSPS) is 17.2. The van der Waals surface area contributed by atoms with Gasteiger partial charge in [0.2, 0.25) is 5.76 Å². The number of aromatic nitrogens is 1. The minimum atomic E-state index is -1.90. The maximum atomic E-state index is 15.1. The van der Waals surface area contributed by atoms with E-state index >= 15 is 4.79 Å². The largest absolute Gasteiger partial charge is 0.497 e. The first-order valence-electron chi connectivity index (χ1n) is 13.5. The van der Waals surface area contributed by atoms with Crippen molar-refractivity contribution in [2.24, 2.45) is 0 Å². The smallest absolute Gasteiger partial charge is 0.297 e. The Morgan fingerprint density at radius 1 is 0.955 bits per heavy atom. The minimum absolute atomic E-state index is 0.0757. The van der Waals surface area contributed by atoms with Gasteiger partial charge in [-0.3, -0.25) is 19.3 Å². The van der Waals surface area contributed by atoms with Crippen LogP contribution in [0, 0.1) is 0 Å². The Kier molecular flexibility index (Phi) is 5.90. The number of rotatable bonds is 4. The molecule has 0 aliphatic carbocycles. The lowest BCUT2D eigenvalue weighted by atomic mass is 9.84. The van der Waals surface area contributed by atoms with Crippen molar-refractivity contribution in [1.29, 1.82) is 0 Å². The number of para-hydroxylation sites is 1. The highest BCUT2D eigenvalue weighted by Crippen LogP contribution is 2.55. The number of amides is 2. The number of hydrogen-bond donors (Lipinski definition) is 0. The molecular weight excluding hydrogens is 621 g/mol. The van der Waals surface area contributed by atoms with Crippen molar-refractivity contribution in [3.05, 3.63) is 128 Å². The first-order chi connectivity index (χ1) is 21.3. The summed E-state index contributed by atoms with van der Waals surface area (Å²) in [5.41, 5.74) is -0.0182. The summed E-state index contributed by atoms with van der Waals surface area (Å²) in [6, 6.07) is 24.3. The summed E-state index contributed by atoms with van der Waals surface area (Å²) in [4.78, 5) is 51.7. The van der Waals surface area contributed by atoms with Gasteiger partial charge >= 0.3 is 0 Å². The monoisotopic (exact) mass is 639 g/mol. The van der Waals surface area contributed by atoms with Crippen LogP contribution >= 0.6 is 34.5 Å². The average molecular weight is 641 g/mol. The number of benzene rings is 4. The zero-order chi connectivity index (χ0) is 30.3. The molecule has 0 N–H and O–H groups in total. The van der Waals surface area contributed by atoms with Crippen molar-refractivity contribution >= 4 is 78.4 Å². The number of halogens is 2. The standard InChI is InChI=1S/C33H19Cl2N3O5S/c1-42-19-11-12-23-26(15-19)44-32(36-23)38-30(40)29-27(28(39)20-14-18(34)10-13-25(20)43-29)33(38)21-7-3-5-9-24(21)37(31(33)41)16-17-6-2-4-8-22(17)35/h2-15H,16H2,1H3. The molecule has 1 spiro atoms. The SMILES string of the molecule is COc1ccc2nc(N3C(=O)c4oc5ccc(Cl)cc5c(=O)c4C34C(=O)N(Cc3ccccc3Cl)c3ccccc34)sc2c1. The third kappa shape index (κ3) is 3.57. The van der Waals surface area contributed by atoms with Gasteiger partial charge in [0.25, 0.3) is 11.8 Å². The molecule has 8 rings (SSSR count). The van der Waals surface area contributed by atoms with E-state index in [9.17, 15) is 9.59 Å². The lowest BCUT2D eigenvalue weighted by Crippen LogP contribution is -2.53. The third-order valence-corrected chi connectivity index (χ3v) is 9.76. The molecule has 0 bridgehead atoms. The van der Waals surface area contributed by atoms with Crippen molar-refractivity contribution in [2.45, 2.75) is 12.1 Å². The number of nitrogens with zero attached hydrogens (tertiary/aromatic N) is 3. The zero-order valence-corrected chi connectivity index (χ0v) is 25.2. The molecule has 8 nitrogen and oxygen atoms in total. The van der Waals surface area contributed by atoms with Gasteiger partial charge < -0.3 is 14.1 Å². The van der Waals surface area contributed by atoms with Crippen molar-refractivity contribution < 1.29 is 18.7 Å². The minimum Gasteiger partial charge on any atom is -0.497 e. The van der Waals surface area contributed by atoms with Gasteiger partial charge in [0.05, 0.1) is 40.5 Å². The maximum absolute atomic E-state index is 15.1. The zero-order valence-electron chi connectivity index (χ0n) is 22.8. The van der Waals surface area contributed by atoms with Crippen LogP contribution < -0.4 is 20.0 Å². The highest BCUT2D eigenvalue weighted by Gasteiger charge is 2.66. The van der Waals surface area contributed by atoms with Crippen LogP contribution in [-0.2, 0) is 16.9 Å². The Balaban J connectivity index is 1.45. The Morgan fingerprint density at radius 2 is 1.75 bits per heavy atom. The van der Waals surface area contributed by atoms with Gasteiger partial charge in [0.1, 0.15) is 11.3 Å².